The van der Waals surface area contributed by atoms with E-state index in [9.17, 15) is 19.2 Å². The molecule has 0 aromatic carbocycles. The average molecular weight is 409 g/mol. The highest BCUT2D eigenvalue weighted by atomic mass is 16.7. The third-order valence-electron chi connectivity index (χ3n) is 4.93. The number of carbonyl (C=O) groups is 4. The van der Waals surface area contributed by atoms with Gasteiger partial charge in [-0.3, -0.25) is 24.1 Å². The van der Waals surface area contributed by atoms with E-state index in [0.717, 1.165) is 0 Å². The number of hydrogen-bond donors (Lipinski definition) is 2. The van der Waals surface area contributed by atoms with E-state index in [4.69, 9.17) is 9.47 Å². The van der Waals surface area contributed by atoms with E-state index in [2.05, 4.69) is 10.6 Å². The summed E-state index contributed by atoms with van der Waals surface area (Å²) in [5, 5.41) is 5.22. The van der Waals surface area contributed by atoms with E-state index >= 15 is 0 Å². The van der Waals surface area contributed by atoms with Crippen molar-refractivity contribution in [1.29, 1.82) is 0 Å². The molecule has 29 heavy (non-hydrogen) atoms. The van der Waals surface area contributed by atoms with Gasteiger partial charge in [-0.15, -0.1) is 0 Å². The van der Waals surface area contributed by atoms with Gasteiger partial charge in [0.25, 0.3) is 5.91 Å². The van der Waals surface area contributed by atoms with Gasteiger partial charge in [-0.25, -0.2) is 0 Å². The lowest BCUT2D eigenvalue weighted by atomic mass is 9.85. The monoisotopic (exact) mass is 409 g/mol. The summed E-state index contributed by atoms with van der Waals surface area (Å²) in [6, 6.07) is 0. The predicted octanol–water partition coefficient (Wildman–Crippen LogP) is 0.695. The zero-order valence-corrected chi connectivity index (χ0v) is 17.7. The maximum Gasteiger partial charge on any atom is 0.253 e. The molecule has 0 bridgehead atoms. The maximum atomic E-state index is 12.4. The Morgan fingerprint density at radius 3 is 2.55 bits per heavy atom. The Labute approximate surface area is 171 Å². The van der Waals surface area contributed by atoms with Crippen LogP contribution in [0.3, 0.4) is 0 Å². The van der Waals surface area contributed by atoms with E-state index in [1.54, 1.807) is 20.8 Å². The molecule has 9 heteroatoms. The van der Waals surface area contributed by atoms with Crippen LogP contribution >= 0.6 is 0 Å². The summed E-state index contributed by atoms with van der Waals surface area (Å²) in [5.41, 5.74) is -0.502. The van der Waals surface area contributed by atoms with Crippen LogP contribution in [0.25, 0.3) is 0 Å². The molecule has 9 nitrogen and oxygen atoms in total. The van der Waals surface area contributed by atoms with Crippen molar-refractivity contribution in [3.63, 3.8) is 0 Å². The Kier molecular flexibility index (Phi) is 7.18. The third-order valence-corrected chi connectivity index (χ3v) is 4.93. The predicted molar refractivity (Wildman–Crippen MR) is 104 cm³/mol. The van der Waals surface area contributed by atoms with Crippen molar-refractivity contribution in [2.75, 3.05) is 19.7 Å². The molecular weight excluding hydrogens is 378 g/mol. The van der Waals surface area contributed by atoms with E-state index in [-0.39, 0.29) is 42.5 Å². The molecule has 0 aliphatic carbocycles. The molecule has 0 aromatic rings. The molecule has 2 heterocycles. The fourth-order valence-corrected chi connectivity index (χ4v) is 3.19. The number of imide groups is 1. The summed E-state index contributed by atoms with van der Waals surface area (Å²) in [4.78, 5) is 49.0. The first-order valence-corrected chi connectivity index (χ1v) is 9.84. The number of hydrogen-bond acceptors (Lipinski definition) is 6. The summed E-state index contributed by atoms with van der Waals surface area (Å²) in [5.74, 6) is -2.18. The molecule has 2 rings (SSSR count). The minimum atomic E-state index is -0.853. The van der Waals surface area contributed by atoms with Crippen molar-refractivity contribution in [3.05, 3.63) is 12.3 Å². The SMILES string of the molecule is CC1CC(=O)N(CCCNC(=O)/C=C/NC(=O)[C@@H]2OC(C)(C)OCC2(C)C)C1=O. The Hall–Kier alpha value is -2.26. The summed E-state index contributed by atoms with van der Waals surface area (Å²) in [6.07, 6.45) is 2.49. The zero-order chi connectivity index (χ0) is 21.8. The van der Waals surface area contributed by atoms with Crippen molar-refractivity contribution in [2.45, 2.75) is 59.4 Å². The van der Waals surface area contributed by atoms with Gasteiger partial charge in [-0.05, 0) is 20.3 Å². The van der Waals surface area contributed by atoms with E-state index in [0.29, 0.717) is 19.6 Å². The Morgan fingerprint density at radius 1 is 1.24 bits per heavy atom. The molecule has 0 saturated carbocycles. The van der Waals surface area contributed by atoms with Gasteiger partial charge >= 0.3 is 0 Å². The molecule has 0 aromatic heterocycles. The minimum absolute atomic E-state index is 0.162. The van der Waals surface area contributed by atoms with Gasteiger partial charge < -0.3 is 20.1 Å². The third kappa shape index (κ3) is 6.11. The topological polar surface area (TPSA) is 114 Å². The molecule has 1 unspecified atom stereocenters. The van der Waals surface area contributed by atoms with Gasteiger partial charge in [-0.2, -0.15) is 0 Å². The first kappa shape index (κ1) is 23.0. The number of amides is 4. The van der Waals surface area contributed by atoms with E-state index in [1.165, 1.54) is 17.2 Å². The second-order valence-corrected chi connectivity index (χ2v) is 8.65. The van der Waals surface area contributed by atoms with Crippen molar-refractivity contribution in [3.8, 4) is 0 Å². The lowest BCUT2D eigenvalue weighted by Crippen LogP contribution is -2.55. The number of likely N-dealkylation sites (tertiary alicyclic amines) is 1. The van der Waals surface area contributed by atoms with Crippen LogP contribution in [0.15, 0.2) is 12.3 Å². The first-order valence-electron chi connectivity index (χ1n) is 9.84. The van der Waals surface area contributed by atoms with Crippen LogP contribution < -0.4 is 10.6 Å². The Morgan fingerprint density at radius 2 is 1.93 bits per heavy atom. The molecule has 2 aliphatic heterocycles. The molecule has 2 aliphatic rings. The summed E-state index contributed by atoms with van der Waals surface area (Å²) < 4.78 is 11.3. The van der Waals surface area contributed by atoms with Gasteiger partial charge in [0.1, 0.15) is 6.10 Å². The lowest BCUT2D eigenvalue weighted by molar-refractivity contribution is -0.303. The van der Waals surface area contributed by atoms with Crippen LogP contribution in [0, 0.1) is 11.3 Å². The fourth-order valence-electron chi connectivity index (χ4n) is 3.19. The van der Waals surface area contributed by atoms with Crippen LogP contribution in [0.1, 0.15) is 47.5 Å². The molecule has 0 radical (unpaired) electrons. The summed E-state index contributed by atoms with van der Waals surface area (Å²) in [6.45, 7) is 9.95. The molecule has 0 spiro atoms. The quantitative estimate of drug-likeness (QED) is 0.363. The first-order chi connectivity index (χ1) is 13.4. The van der Waals surface area contributed by atoms with E-state index < -0.39 is 17.3 Å². The molecule has 162 valence electrons. The van der Waals surface area contributed by atoms with Crippen LogP contribution in [0.5, 0.6) is 0 Å². The Bertz CT molecular complexity index is 700. The van der Waals surface area contributed by atoms with Gasteiger partial charge in [0.2, 0.25) is 17.7 Å². The van der Waals surface area contributed by atoms with Crippen molar-refractivity contribution in [2.24, 2.45) is 11.3 Å². The van der Waals surface area contributed by atoms with Gasteiger partial charge in [0, 0.05) is 43.1 Å². The molecule has 2 fully saturated rings. The van der Waals surface area contributed by atoms with E-state index in [1.807, 2.05) is 13.8 Å². The van der Waals surface area contributed by atoms with Crippen molar-refractivity contribution in [1.82, 2.24) is 15.5 Å². The molecule has 4 amide bonds. The highest BCUT2D eigenvalue weighted by Gasteiger charge is 2.45. The van der Waals surface area contributed by atoms with Crippen LogP contribution in [0.2, 0.25) is 0 Å². The number of ether oxygens (including phenoxy) is 2. The number of carbonyl (C=O) groups excluding carboxylic acids is 4. The highest BCUT2D eigenvalue weighted by molar-refractivity contribution is 6.03. The minimum Gasteiger partial charge on any atom is -0.352 e. The molecule has 2 N–H and O–H groups in total. The standard InChI is InChI=1S/C20H31N3O6/c1-13-11-15(25)23(18(13)27)10-6-8-21-14(24)7-9-22-17(26)16-19(2,3)12-28-20(4,5)29-16/h7,9,13,16H,6,8,10-12H2,1-5H3,(H,21,24)(H,22,26)/b9-7+/t13?,16-/m0/s1. The fraction of sp³-hybridized carbons (Fsp3) is 0.700. The summed E-state index contributed by atoms with van der Waals surface area (Å²) >= 11 is 0. The zero-order valence-electron chi connectivity index (χ0n) is 17.7. The molecular formula is C20H31N3O6. The second kappa shape index (κ2) is 9.04. The van der Waals surface area contributed by atoms with Crippen LogP contribution in [-0.4, -0.2) is 60.1 Å². The second-order valence-electron chi connectivity index (χ2n) is 8.65. The average Bonchev–Trinajstić information content (AvgIpc) is 2.86. The van der Waals surface area contributed by atoms with Gasteiger partial charge in [0.15, 0.2) is 5.79 Å². The van der Waals surface area contributed by atoms with Gasteiger partial charge in [-0.1, -0.05) is 20.8 Å². The Balaban J connectivity index is 1.72. The van der Waals surface area contributed by atoms with Crippen LogP contribution in [-0.2, 0) is 28.7 Å². The smallest absolute Gasteiger partial charge is 0.253 e. The van der Waals surface area contributed by atoms with Gasteiger partial charge in [0.05, 0.1) is 6.61 Å². The number of rotatable bonds is 7. The normalized spacial score (nSPS) is 26.0. The van der Waals surface area contributed by atoms with Crippen molar-refractivity contribution < 1.29 is 28.7 Å². The summed E-state index contributed by atoms with van der Waals surface area (Å²) in [7, 11) is 0. The van der Waals surface area contributed by atoms with Crippen LogP contribution in [0.4, 0.5) is 0 Å². The largest absolute Gasteiger partial charge is 0.352 e. The van der Waals surface area contributed by atoms with Crippen molar-refractivity contribution >= 4 is 23.6 Å². The lowest BCUT2D eigenvalue weighted by Gasteiger charge is -2.44. The number of nitrogens with zero attached hydrogens (tertiary/aromatic N) is 1. The molecule has 2 atom stereocenters. The molecule has 2 saturated heterocycles. The maximum absolute atomic E-state index is 12.4. The highest BCUT2D eigenvalue weighted by Crippen LogP contribution is 2.34. The number of nitrogens with one attached hydrogen (secondary N) is 2.